The summed E-state index contributed by atoms with van der Waals surface area (Å²) >= 11 is 7.02. The van der Waals surface area contributed by atoms with Gasteiger partial charge in [-0.05, 0) is 30.8 Å². The number of nitro benzene ring substituents is 1. The molecule has 11 heteroatoms. The van der Waals surface area contributed by atoms with Crippen molar-refractivity contribution in [1.82, 2.24) is 14.8 Å². The van der Waals surface area contributed by atoms with Crippen molar-refractivity contribution >= 4 is 45.4 Å². The molecule has 0 radical (unpaired) electrons. The summed E-state index contributed by atoms with van der Waals surface area (Å²) in [4.78, 5) is 32.6. The molecule has 172 valence electrons. The highest BCUT2D eigenvalue weighted by atomic mass is 35.5. The Morgan fingerprint density at radius 2 is 1.91 bits per heavy atom. The lowest BCUT2D eigenvalue weighted by Crippen LogP contribution is -2.43. The standard InChI is InChI=1S/C22H23ClN6O3S/c1-27-8-10-28(11-9-27)13-14-2-7-18(29(31)32)17(12-14)25-22-26-19(20(33-22)21(24)30)15-3-5-16(23)6-4-15/h2-7,12H,8-11,13H2,1H3,(H2,24,30)(H,25,26). The average molecular weight is 487 g/mol. The number of piperazine rings is 1. The van der Waals surface area contributed by atoms with Gasteiger partial charge < -0.3 is 16.0 Å². The number of nitrogens with zero attached hydrogens (tertiary/aromatic N) is 4. The first-order chi connectivity index (χ1) is 15.8. The molecule has 1 aromatic heterocycles. The topological polar surface area (TPSA) is 118 Å². The molecule has 1 amide bonds. The summed E-state index contributed by atoms with van der Waals surface area (Å²) in [6, 6.07) is 11.9. The number of hydrogen-bond donors (Lipinski definition) is 2. The maximum absolute atomic E-state index is 12.0. The molecule has 0 bridgehead atoms. The first-order valence-electron chi connectivity index (χ1n) is 10.3. The second-order valence-corrected chi connectivity index (χ2v) is 9.32. The molecule has 1 aliphatic rings. The third-order valence-corrected chi connectivity index (χ3v) is 6.71. The number of carbonyl (C=O) groups excluding carboxylic acids is 1. The SMILES string of the molecule is CN1CCN(Cc2ccc([N+](=O)[O-])c(Nc3nc(-c4ccc(Cl)cc4)c(C(N)=O)s3)c2)CC1. The normalized spacial score (nSPS) is 14.8. The number of carbonyl (C=O) groups is 1. The van der Waals surface area contributed by atoms with Crippen molar-refractivity contribution in [2.24, 2.45) is 5.73 Å². The highest BCUT2D eigenvalue weighted by Crippen LogP contribution is 2.35. The van der Waals surface area contributed by atoms with Gasteiger partial charge in [-0.3, -0.25) is 19.8 Å². The number of amides is 1. The quantitative estimate of drug-likeness (QED) is 0.383. The molecule has 2 heterocycles. The van der Waals surface area contributed by atoms with Gasteiger partial charge in [0.1, 0.15) is 10.6 Å². The second kappa shape index (κ2) is 9.84. The molecule has 3 aromatic rings. The van der Waals surface area contributed by atoms with Gasteiger partial charge in [-0.1, -0.05) is 41.1 Å². The Balaban J connectivity index is 1.63. The van der Waals surface area contributed by atoms with Gasteiger partial charge in [0.25, 0.3) is 11.6 Å². The van der Waals surface area contributed by atoms with Crippen molar-refractivity contribution in [2.45, 2.75) is 6.54 Å². The van der Waals surface area contributed by atoms with E-state index in [0.29, 0.717) is 33.6 Å². The maximum atomic E-state index is 12.0. The maximum Gasteiger partial charge on any atom is 0.292 e. The summed E-state index contributed by atoms with van der Waals surface area (Å²) in [5.41, 5.74) is 7.85. The summed E-state index contributed by atoms with van der Waals surface area (Å²) in [6.07, 6.45) is 0. The molecule has 0 saturated carbocycles. The van der Waals surface area contributed by atoms with Gasteiger partial charge in [0, 0.05) is 49.4 Å². The summed E-state index contributed by atoms with van der Waals surface area (Å²) in [5, 5.41) is 15.6. The molecule has 1 saturated heterocycles. The molecule has 0 spiro atoms. The number of rotatable bonds is 7. The van der Waals surface area contributed by atoms with Crippen LogP contribution in [-0.4, -0.2) is 58.8 Å². The fraction of sp³-hybridized carbons (Fsp3) is 0.273. The predicted octanol–water partition coefficient (Wildman–Crippen LogP) is 3.96. The van der Waals surface area contributed by atoms with Crippen LogP contribution in [0.25, 0.3) is 11.3 Å². The zero-order chi connectivity index (χ0) is 23.5. The largest absolute Gasteiger partial charge is 0.365 e. The molecule has 0 unspecified atom stereocenters. The highest BCUT2D eigenvalue weighted by Gasteiger charge is 2.21. The third kappa shape index (κ3) is 5.48. The first-order valence-corrected chi connectivity index (χ1v) is 11.5. The van der Waals surface area contributed by atoms with Crippen molar-refractivity contribution in [1.29, 1.82) is 0 Å². The predicted molar refractivity (Wildman–Crippen MR) is 130 cm³/mol. The van der Waals surface area contributed by atoms with Crippen LogP contribution in [0.4, 0.5) is 16.5 Å². The Hall–Kier alpha value is -3.05. The zero-order valence-corrected chi connectivity index (χ0v) is 19.5. The van der Waals surface area contributed by atoms with Crippen LogP contribution in [0.3, 0.4) is 0 Å². The number of thiazole rings is 1. The van der Waals surface area contributed by atoms with E-state index in [2.05, 4.69) is 27.1 Å². The number of benzene rings is 2. The minimum atomic E-state index is -0.621. The van der Waals surface area contributed by atoms with Crippen LogP contribution < -0.4 is 11.1 Å². The number of anilines is 2. The van der Waals surface area contributed by atoms with Gasteiger partial charge in [-0.15, -0.1) is 0 Å². The molecule has 0 aliphatic carbocycles. The van der Waals surface area contributed by atoms with Gasteiger partial charge in [0.15, 0.2) is 5.13 Å². The summed E-state index contributed by atoms with van der Waals surface area (Å²) in [7, 11) is 2.10. The molecule has 3 N–H and O–H groups in total. The van der Waals surface area contributed by atoms with Crippen molar-refractivity contribution in [3.63, 3.8) is 0 Å². The molecule has 33 heavy (non-hydrogen) atoms. The Labute approximate surface area is 199 Å². The second-order valence-electron chi connectivity index (χ2n) is 7.88. The number of likely N-dealkylation sites (N-methyl/N-ethyl adjacent to an activating group) is 1. The van der Waals surface area contributed by atoms with Crippen molar-refractivity contribution in [3.8, 4) is 11.3 Å². The fourth-order valence-corrected chi connectivity index (χ4v) is 4.64. The molecule has 4 rings (SSSR count). The molecule has 1 fully saturated rings. The number of nitrogens with one attached hydrogen (secondary N) is 1. The number of nitrogens with two attached hydrogens (primary N) is 1. The average Bonchev–Trinajstić information content (AvgIpc) is 3.20. The van der Waals surface area contributed by atoms with E-state index < -0.39 is 10.8 Å². The Morgan fingerprint density at radius 1 is 1.21 bits per heavy atom. The lowest BCUT2D eigenvalue weighted by molar-refractivity contribution is -0.383. The monoisotopic (exact) mass is 486 g/mol. The van der Waals surface area contributed by atoms with Crippen LogP contribution in [0, 0.1) is 10.1 Å². The molecule has 9 nitrogen and oxygen atoms in total. The van der Waals surface area contributed by atoms with Gasteiger partial charge in [0.05, 0.1) is 10.6 Å². The third-order valence-electron chi connectivity index (χ3n) is 5.47. The fourth-order valence-electron chi connectivity index (χ4n) is 3.66. The van der Waals surface area contributed by atoms with Gasteiger partial charge in [-0.25, -0.2) is 4.98 Å². The molecule has 2 aromatic carbocycles. The highest BCUT2D eigenvalue weighted by molar-refractivity contribution is 7.18. The Kier molecular flexibility index (Phi) is 6.89. The first kappa shape index (κ1) is 23.1. The number of nitro groups is 1. The lowest BCUT2D eigenvalue weighted by atomic mass is 10.1. The van der Waals surface area contributed by atoms with E-state index in [4.69, 9.17) is 17.3 Å². The van der Waals surface area contributed by atoms with Gasteiger partial charge >= 0.3 is 0 Å². The zero-order valence-electron chi connectivity index (χ0n) is 18.0. The summed E-state index contributed by atoms with van der Waals surface area (Å²) < 4.78 is 0. The van der Waals surface area contributed by atoms with E-state index in [9.17, 15) is 14.9 Å². The van der Waals surface area contributed by atoms with Crippen molar-refractivity contribution in [3.05, 3.63) is 68.0 Å². The van der Waals surface area contributed by atoms with Crippen LogP contribution in [0.15, 0.2) is 42.5 Å². The number of primary amides is 1. The van der Waals surface area contributed by atoms with E-state index in [-0.39, 0.29) is 10.6 Å². The van der Waals surface area contributed by atoms with Gasteiger partial charge in [0.2, 0.25) is 0 Å². The van der Waals surface area contributed by atoms with Crippen LogP contribution >= 0.6 is 22.9 Å². The van der Waals surface area contributed by atoms with Crippen LogP contribution in [-0.2, 0) is 6.54 Å². The summed E-state index contributed by atoms with van der Waals surface area (Å²) in [5.74, 6) is -0.621. The Morgan fingerprint density at radius 3 is 2.55 bits per heavy atom. The minimum absolute atomic E-state index is 0.0685. The van der Waals surface area contributed by atoms with Crippen LogP contribution in [0.1, 0.15) is 15.2 Å². The van der Waals surface area contributed by atoms with Crippen LogP contribution in [0.5, 0.6) is 0 Å². The van der Waals surface area contributed by atoms with Crippen LogP contribution in [0.2, 0.25) is 5.02 Å². The molecule has 0 atom stereocenters. The molecular formula is C22H23ClN6O3S. The van der Waals surface area contributed by atoms with Crippen molar-refractivity contribution in [2.75, 3.05) is 38.5 Å². The number of hydrogen-bond acceptors (Lipinski definition) is 8. The van der Waals surface area contributed by atoms with E-state index in [1.165, 1.54) is 6.07 Å². The van der Waals surface area contributed by atoms with E-state index in [1.807, 2.05) is 0 Å². The molecular weight excluding hydrogens is 464 g/mol. The van der Waals surface area contributed by atoms with E-state index >= 15 is 0 Å². The summed E-state index contributed by atoms with van der Waals surface area (Å²) in [6.45, 7) is 4.55. The van der Waals surface area contributed by atoms with E-state index in [1.54, 1.807) is 36.4 Å². The van der Waals surface area contributed by atoms with Crippen molar-refractivity contribution < 1.29 is 9.72 Å². The number of aromatic nitrogens is 1. The minimum Gasteiger partial charge on any atom is -0.365 e. The smallest absolute Gasteiger partial charge is 0.292 e. The number of halogens is 1. The lowest BCUT2D eigenvalue weighted by Gasteiger charge is -2.32. The van der Waals surface area contributed by atoms with E-state index in [0.717, 1.165) is 43.1 Å². The molecule has 1 aliphatic heterocycles. The Bertz CT molecular complexity index is 1180. The van der Waals surface area contributed by atoms with Gasteiger partial charge in [-0.2, -0.15) is 0 Å².